The van der Waals surface area contributed by atoms with Gasteiger partial charge in [0.2, 0.25) is 0 Å². The van der Waals surface area contributed by atoms with E-state index >= 15 is 0 Å². The molecule has 4 nitrogen and oxygen atoms in total. The molecule has 3 aromatic heterocycles. The van der Waals surface area contributed by atoms with Crippen molar-refractivity contribution >= 4 is 53.4 Å². The van der Waals surface area contributed by atoms with E-state index in [9.17, 15) is 0 Å². The quantitative estimate of drug-likeness (QED) is 0.171. The number of furan rings is 1. The summed E-state index contributed by atoms with van der Waals surface area (Å²) in [5, 5.41) is 4.76. The van der Waals surface area contributed by atoms with Gasteiger partial charge in [-0.3, -0.25) is 0 Å². The minimum atomic E-state index is 0.581. The van der Waals surface area contributed by atoms with Crippen molar-refractivity contribution in [2.45, 2.75) is 0 Å². The third kappa shape index (κ3) is 5.65. The van der Waals surface area contributed by atoms with Crippen LogP contribution >= 0.6 is 11.3 Å². The first-order valence-electron chi connectivity index (χ1n) is 18.7. The number of rotatable bonds is 6. The zero-order chi connectivity index (χ0) is 37.0. The second kappa shape index (κ2) is 13.3. The molecule has 0 bridgehead atoms. The van der Waals surface area contributed by atoms with E-state index in [-0.39, 0.29) is 0 Å². The summed E-state index contributed by atoms with van der Waals surface area (Å²) in [6, 6.07) is 65.7. The van der Waals surface area contributed by atoms with Gasteiger partial charge in [0, 0.05) is 47.6 Å². The molecule has 0 saturated heterocycles. The van der Waals surface area contributed by atoms with Gasteiger partial charge >= 0.3 is 0 Å². The Kier molecular flexibility index (Phi) is 7.64. The highest BCUT2D eigenvalue weighted by molar-refractivity contribution is 7.25. The first kappa shape index (κ1) is 32.2. The lowest BCUT2D eigenvalue weighted by Gasteiger charge is -2.12. The van der Waals surface area contributed by atoms with Crippen LogP contribution in [0.5, 0.6) is 0 Å². The van der Waals surface area contributed by atoms with E-state index in [2.05, 4.69) is 140 Å². The van der Waals surface area contributed by atoms with Crippen LogP contribution in [0.4, 0.5) is 0 Å². The van der Waals surface area contributed by atoms with Crippen LogP contribution < -0.4 is 0 Å². The van der Waals surface area contributed by atoms with Crippen LogP contribution in [0.25, 0.3) is 110 Å². The van der Waals surface area contributed by atoms with Crippen LogP contribution in [-0.4, -0.2) is 15.0 Å². The fourth-order valence-corrected chi connectivity index (χ4v) is 8.90. The molecule has 0 radical (unpaired) electrons. The van der Waals surface area contributed by atoms with Crippen molar-refractivity contribution in [2.75, 3.05) is 0 Å². The highest BCUT2D eigenvalue weighted by atomic mass is 32.1. The van der Waals surface area contributed by atoms with Gasteiger partial charge in [0.1, 0.15) is 11.2 Å². The number of aromatic nitrogens is 3. The third-order valence-corrected chi connectivity index (χ3v) is 11.7. The maximum atomic E-state index is 6.55. The topological polar surface area (TPSA) is 51.8 Å². The molecule has 262 valence electrons. The Morgan fingerprint density at radius 3 is 1.55 bits per heavy atom. The van der Waals surface area contributed by atoms with Gasteiger partial charge in [-0.05, 0) is 63.7 Å². The predicted octanol–water partition coefficient (Wildman–Crippen LogP) is 14.1. The molecule has 8 aromatic carbocycles. The molecule has 0 atom stereocenters. The summed E-state index contributed by atoms with van der Waals surface area (Å²) in [4.78, 5) is 15.2. The number of para-hydroxylation sites is 1. The number of hydrogen-bond acceptors (Lipinski definition) is 5. The molecular weight excluding hydrogens is 703 g/mol. The normalized spacial score (nSPS) is 11.6. The summed E-state index contributed by atoms with van der Waals surface area (Å²) in [5.74, 6) is 1.81. The Balaban J connectivity index is 1.05. The van der Waals surface area contributed by atoms with E-state index in [0.717, 1.165) is 60.9 Å². The summed E-state index contributed by atoms with van der Waals surface area (Å²) < 4.78 is 9.16. The van der Waals surface area contributed by atoms with Crippen LogP contribution in [0, 0.1) is 0 Å². The maximum Gasteiger partial charge on any atom is 0.164 e. The van der Waals surface area contributed by atoms with Crippen molar-refractivity contribution < 1.29 is 4.42 Å². The van der Waals surface area contributed by atoms with Gasteiger partial charge < -0.3 is 4.42 Å². The van der Waals surface area contributed by atoms with Crippen molar-refractivity contribution in [3.05, 3.63) is 188 Å². The lowest BCUT2D eigenvalue weighted by Crippen LogP contribution is -2.00. The SMILES string of the molecule is c1ccc(-c2ccc(-c3nc(-c4ccccc4)nc(-c4cc(-c5ccc(-c6ccc7c(c6)sc6ccccc67)cc5)c5c(c4)oc4ccccc45)n3)cc2)cc1. The lowest BCUT2D eigenvalue weighted by atomic mass is 9.95. The zero-order valence-corrected chi connectivity index (χ0v) is 30.9. The second-order valence-corrected chi connectivity index (χ2v) is 15.1. The summed E-state index contributed by atoms with van der Waals surface area (Å²) in [6.07, 6.45) is 0. The van der Waals surface area contributed by atoms with E-state index in [1.165, 1.54) is 31.3 Å². The molecule has 0 N–H and O–H groups in total. The van der Waals surface area contributed by atoms with Crippen molar-refractivity contribution in [1.29, 1.82) is 0 Å². The van der Waals surface area contributed by atoms with Gasteiger partial charge in [0.05, 0.1) is 0 Å². The Hall–Kier alpha value is -7.21. The molecule has 0 saturated carbocycles. The number of fused-ring (bicyclic) bond motifs is 6. The first-order valence-corrected chi connectivity index (χ1v) is 19.5. The maximum absolute atomic E-state index is 6.55. The van der Waals surface area contributed by atoms with Gasteiger partial charge in [-0.15, -0.1) is 11.3 Å². The molecule has 0 unspecified atom stereocenters. The zero-order valence-electron chi connectivity index (χ0n) is 30.1. The number of hydrogen-bond donors (Lipinski definition) is 0. The smallest absolute Gasteiger partial charge is 0.164 e. The lowest BCUT2D eigenvalue weighted by molar-refractivity contribution is 0.669. The molecule has 3 heterocycles. The van der Waals surface area contributed by atoms with E-state index in [0.29, 0.717) is 17.5 Å². The van der Waals surface area contributed by atoms with Gasteiger partial charge in [-0.25, -0.2) is 15.0 Å². The van der Waals surface area contributed by atoms with Crippen molar-refractivity contribution in [3.8, 4) is 67.5 Å². The molecule has 0 fully saturated rings. The Labute approximate surface area is 327 Å². The largest absolute Gasteiger partial charge is 0.456 e. The summed E-state index contributed by atoms with van der Waals surface area (Å²) in [6.45, 7) is 0. The summed E-state index contributed by atoms with van der Waals surface area (Å²) in [7, 11) is 0. The molecule has 11 rings (SSSR count). The average Bonchev–Trinajstić information content (AvgIpc) is 3.85. The van der Waals surface area contributed by atoms with Crippen LogP contribution in [0.3, 0.4) is 0 Å². The highest BCUT2D eigenvalue weighted by Gasteiger charge is 2.19. The van der Waals surface area contributed by atoms with Crippen LogP contribution in [-0.2, 0) is 0 Å². The number of thiophene rings is 1. The first-order chi connectivity index (χ1) is 27.7. The van der Waals surface area contributed by atoms with E-state index in [4.69, 9.17) is 19.4 Å². The van der Waals surface area contributed by atoms with Crippen molar-refractivity contribution in [1.82, 2.24) is 15.0 Å². The standard InChI is InChI=1S/C51H31N3OS/c1-3-11-32(12-4-1)33-21-25-37(26-22-33)50-52-49(36-13-5-2-6-14-36)53-51(54-50)39-29-43(48-42-16-7-9-17-44(42)55-45(48)30-39)35-23-19-34(20-24-35)38-27-28-41-40-15-8-10-18-46(40)56-47(41)31-38/h1-31H. The molecule has 11 aromatic rings. The van der Waals surface area contributed by atoms with E-state index < -0.39 is 0 Å². The molecule has 0 amide bonds. The summed E-state index contributed by atoms with van der Waals surface area (Å²) in [5.41, 5.74) is 11.1. The van der Waals surface area contributed by atoms with Gasteiger partial charge in [-0.1, -0.05) is 158 Å². The van der Waals surface area contributed by atoms with Crippen LogP contribution in [0.2, 0.25) is 0 Å². The summed E-state index contributed by atoms with van der Waals surface area (Å²) >= 11 is 1.85. The van der Waals surface area contributed by atoms with Gasteiger partial charge in [0.25, 0.3) is 0 Å². The molecule has 0 spiro atoms. The Bertz CT molecular complexity index is 3220. The minimum Gasteiger partial charge on any atom is -0.456 e. The predicted molar refractivity (Wildman–Crippen MR) is 233 cm³/mol. The Morgan fingerprint density at radius 2 is 0.821 bits per heavy atom. The van der Waals surface area contributed by atoms with Crippen molar-refractivity contribution in [2.24, 2.45) is 0 Å². The molecule has 56 heavy (non-hydrogen) atoms. The Morgan fingerprint density at radius 1 is 0.321 bits per heavy atom. The number of nitrogens with zero attached hydrogens (tertiary/aromatic N) is 3. The van der Waals surface area contributed by atoms with Crippen molar-refractivity contribution in [3.63, 3.8) is 0 Å². The molecular formula is C51H31N3OS. The third-order valence-electron chi connectivity index (χ3n) is 10.6. The molecule has 0 aliphatic rings. The fraction of sp³-hybridized carbons (Fsp3) is 0. The van der Waals surface area contributed by atoms with Gasteiger partial charge in [0.15, 0.2) is 17.5 Å². The van der Waals surface area contributed by atoms with E-state index in [1.54, 1.807) is 0 Å². The molecule has 0 aliphatic carbocycles. The molecule has 0 aliphatic heterocycles. The minimum absolute atomic E-state index is 0.581. The fourth-order valence-electron chi connectivity index (χ4n) is 7.75. The highest BCUT2D eigenvalue weighted by Crippen LogP contribution is 2.41. The van der Waals surface area contributed by atoms with E-state index in [1.807, 2.05) is 59.9 Å². The average molecular weight is 734 g/mol. The molecule has 5 heteroatoms. The number of benzene rings is 8. The van der Waals surface area contributed by atoms with Gasteiger partial charge in [-0.2, -0.15) is 0 Å². The van der Waals surface area contributed by atoms with Crippen LogP contribution in [0.15, 0.2) is 192 Å². The second-order valence-electron chi connectivity index (χ2n) is 14.0. The monoisotopic (exact) mass is 733 g/mol. The van der Waals surface area contributed by atoms with Crippen LogP contribution in [0.1, 0.15) is 0 Å².